The fourth-order valence-electron chi connectivity index (χ4n) is 2.25. The van der Waals surface area contributed by atoms with E-state index in [2.05, 4.69) is 24.2 Å². The van der Waals surface area contributed by atoms with Crippen LogP contribution < -0.4 is 0 Å². The summed E-state index contributed by atoms with van der Waals surface area (Å²) in [4.78, 5) is 11.3. The molecule has 1 aromatic carbocycles. The lowest BCUT2D eigenvalue weighted by atomic mass is 10.1. The van der Waals surface area contributed by atoms with Gasteiger partial charge in [0.2, 0.25) is 0 Å². The van der Waals surface area contributed by atoms with Crippen molar-refractivity contribution < 1.29 is 9.90 Å². The Kier molecular flexibility index (Phi) is 4.50. The van der Waals surface area contributed by atoms with Crippen molar-refractivity contribution in [2.45, 2.75) is 39.5 Å². The molecule has 1 N–H and O–H groups in total. The van der Waals surface area contributed by atoms with E-state index in [0.29, 0.717) is 12.1 Å². The molecule has 1 heterocycles. The number of aryl methyl sites for hydroxylation is 1. The number of carboxylic acid groups (broad SMARTS) is 1. The van der Waals surface area contributed by atoms with E-state index < -0.39 is 5.97 Å². The fourth-order valence-corrected chi connectivity index (χ4v) is 2.25. The lowest BCUT2D eigenvalue weighted by Crippen LogP contribution is -2.08. The highest BCUT2D eigenvalue weighted by molar-refractivity contribution is 5.86. The maximum Gasteiger partial charge on any atom is 0.358 e. The Morgan fingerprint density at radius 3 is 2.70 bits per heavy atom. The number of aromatic nitrogens is 3. The second-order valence-corrected chi connectivity index (χ2v) is 4.69. The fraction of sp³-hybridized carbons (Fsp3) is 0.400. The molecule has 5 nitrogen and oxygen atoms in total. The highest BCUT2D eigenvalue weighted by Gasteiger charge is 2.20. The van der Waals surface area contributed by atoms with Crippen LogP contribution in [0.25, 0.3) is 5.69 Å². The quantitative estimate of drug-likeness (QED) is 0.878. The summed E-state index contributed by atoms with van der Waals surface area (Å²) in [6.07, 6.45) is 3.45. The first-order valence-electron chi connectivity index (χ1n) is 6.95. The van der Waals surface area contributed by atoms with Gasteiger partial charge >= 0.3 is 5.97 Å². The molecule has 5 heteroatoms. The van der Waals surface area contributed by atoms with Crippen molar-refractivity contribution in [3.8, 4) is 5.69 Å². The highest BCUT2D eigenvalue weighted by atomic mass is 16.4. The third-order valence-corrected chi connectivity index (χ3v) is 3.33. The SMILES string of the molecule is CCCCc1c(C(=O)O)nnn1-c1ccccc1CC. The molecule has 2 aromatic rings. The number of carbonyl (C=O) groups is 1. The maximum absolute atomic E-state index is 11.3. The summed E-state index contributed by atoms with van der Waals surface area (Å²) >= 11 is 0. The number of benzene rings is 1. The summed E-state index contributed by atoms with van der Waals surface area (Å²) < 4.78 is 1.68. The summed E-state index contributed by atoms with van der Waals surface area (Å²) in [6, 6.07) is 7.89. The van der Waals surface area contributed by atoms with Gasteiger partial charge in [-0.15, -0.1) is 5.10 Å². The van der Waals surface area contributed by atoms with Crippen LogP contribution in [0.3, 0.4) is 0 Å². The van der Waals surface area contributed by atoms with Gasteiger partial charge in [-0.2, -0.15) is 0 Å². The highest BCUT2D eigenvalue weighted by Crippen LogP contribution is 2.19. The van der Waals surface area contributed by atoms with Gasteiger partial charge in [-0.1, -0.05) is 43.7 Å². The van der Waals surface area contributed by atoms with Crippen LogP contribution in [0.5, 0.6) is 0 Å². The summed E-state index contributed by atoms with van der Waals surface area (Å²) in [6.45, 7) is 4.15. The van der Waals surface area contributed by atoms with Gasteiger partial charge in [-0.3, -0.25) is 0 Å². The topological polar surface area (TPSA) is 68.0 Å². The number of aromatic carboxylic acids is 1. The molecular weight excluding hydrogens is 254 g/mol. The predicted molar refractivity (Wildman–Crippen MR) is 76.3 cm³/mol. The third-order valence-electron chi connectivity index (χ3n) is 3.33. The molecule has 0 aliphatic heterocycles. The van der Waals surface area contributed by atoms with Crippen molar-refractivity contribution >= 4 is 5.97 Å². The van der Waals surface area contributed by atoms with E-state index in [-0.39, 0.29) is 5.69 Å². The van der Waals surface area contributed by atoms with Crippen molar-refractivity contribution in [1.82, 2.24) is 15.0 Å². The number of carboxylic acids is 1. The van der Waals surface area contributed by atoms with Crippen LogP contribution >= 0.6 is 0 Å². The standard InChI is InChI=1S/C15H19N3O2/c1-3-5-9-13-14(15(19)20)16-17-18(13)12-10-7-6-8-11(12)4-2/h6-8,10H,3-5,9H2,1-2H3,(H,19,20). The molecule has 2 rings (SSSR count). The van der Waals surface area contributed by atoms with E-state index in [1.807, 2.05) is 24.3 Å². The number of unbranched alkanes of at least 4 members (excludes halogenated alkanes) is 1. The molecule has 0 aliphatic rings. The second kappa shape index (κ2) is 6.32. The van der Waals surface area contributed by atoms with E-state index >= 15 is 0 Å². The molecule has 0 saturated heterocycles. The first kappa shape index (κ1) is 14.2. The smallest absolute Gasteiger partial charge is 0.358 e. The Morgan fingerprint density at radius 1 is 1.30 bits per heavy atom. The number of nitrogens with zero attached hydrogens (tertiary/aromatic N) is 3. The maximum atomic E-state index is 11.3. The molecule has 1 aromatic heterocycles. The Balaban J connectivity index is 2.53. The molecule has 0 aliphatic carbocycles. The molecule has 0 radical (unpaired) electrons. The van der Waals surface area contributed by atoms with Crippen molar-refractivity contribution in [1.29, 1.82) is 0 Å². The first-order valence-corrected chi connectivity index (χ1v) is 6.95. The van der Waals surface area contributed by atoms with Gasteiger partial charge in [-0.25, -0.2) is 9.48 Å². The molecule has 0 bridgehead atoms. The van der Waals surface area contributed by atoms with Crippen LogP contribution in [-0.4, -0.2) is 26.1 Å². The average Bonchev–Trinajstić information content (AvgIpc) is 2.88. The molecule has 0 fully saturated rings. The Hall–Kier alpha value is -2.17. The van der Waals surface area contributed by atoms with Crippen LogP contribution in [0, 0.1) is 0 Å². The van der Waals surface area contributed by atoms with Crippen LogP contribution in [0.15, 0.2) is 24.3 Å². The minimum atomic E-state index is -1.02. The Labute approximate surface area is 118 Å². The van der Waals surface area contributed by atoms with Gasteiger partial charge < -0.3 is 5.11 Å². The summed E-state index contributed by atoms with van der Waals surface area (Å²) in [5.41, 5.74) is 2.79. The number of rotatable bonds is 6. The summed E-state index contributed by atoms with van der Waals surface area (Å²) in [7, 11) is 0. The predicted octanol–water partition coefficient (Wildman–Crippen LogP) is 2.87. The molecule has 20 heavy (non-hydrogen) atoms. The van der Waals surface area contributed by atoms with Gasteiger partial charge in [0.05, 0.1) is 11.4 Å². The van der Waals surface area contributed by atoms with Gasteiger partial charge in [0, 0.05) is 0 Å². The minimum Gasteiger partial charge on any atom is -0.476 e. The Morgan fingerprint density at radius 2 is 2.05 bits per heavy atom. The van der Waals surface area contributed by atoms with Crippen molar-refractivity contribution in [3.63, 3.8) is 0 Å². The molecule has 0 atom stereocenters. The van der Waals surface area contributed by atoms with E-state index in [1.165, 1.54) is 0 Å². The molecule has 106 valence electrons. The monoisotopic (exact) mass is 273 g/mol. The van der Waals surface area contributed by atoms with Crippen molar-refractivity contribution in [3.05, 3.63) is 41.2 Å². The summed E-state index contributed by atoms with van der Waals surface area (Å²) in [5, 5.41) is 17.1. The van der Waals surface area contributed by atoms with Gasteiger partial charge in [0.15, 0.2) is 5.69 Å². The van der Waals surface area contributed by atoms with Gasteiger partial charge in [-0.05, 0) is 30.9 Å². The zero-order chi connectivity index (χ0) is 14.5. The minimum absolute atomic E-state index is 0.0596. The molecular formula is C15H19N3O2. The lowest BCUT2D eigenvalue weighted by Gasteiger charge is -2.10. The van der Waals surface area contributed by atoms with Crippen molar-refractivity contribution in [2.24, 2.45) is 0 Å². The van der Waals surface area contributed by atoms with Gasteiger partial charge in [0.25, 0.3) is 0 Å². The molecule has 0 saturated carbocycles. The largest absolute Gasteiger partial charge is 0.476 e. The average molecular weight is 273 g/mol. The third kappa shape index (κ3) is 2.71. The van der Waals surface area contributed by atoms with Crippen LogP contribution in [0.2, 0.25) is 0 Å². The lowest BCUT2D eigenvalue weighted by molar-refractivity contribution is 0.0689. The van der Waals surface area contributed by atoms with E-state index in [0.717, 1.165) is 30.5 Å². The number of hydrogen-bond acceptors (Lipinski definition) is 3. The van der Waals surface area contributed by atoms with E-state index in [4.69, 9.17) is 0 Å². The van der Waals surface area contributed by atoms with Crippen LogP contribution in [0.1, 0.15) is 48.4 Å². The normalized spacial score (nSPS) is 10.7. The zero-order valence-corrected chi connectivity index (χ0v) is 11.8. The Bertz CT molecular complexity index is 605. The van der Waals surface area contributed by atoms with E-state index in [1.54, 1.807) is 4.68 Å². The zero-order valence-electron chi connectivity index (χ0n) is 11.8. The van der Waals surface area contributed by atoms with Gasteiger partial charge in [0.1, 0.15) is 0 Å². The second-order valence-electron chi connectivity index (χ2n) is 4.69. The van der Waals surface area contributed by atoms with E-state index in [9.17, 15) is 9.90 Å². The number of hydrogen-bond donors (Lipinski definition) is 1. The number of para-hydroxylation sites is 1. The first-order chi connectivity index (χ1) is 9.69. The molecule has 0 spiro atoms. The van der Waals surface area contributed by atoms with Crippen molar-refractivity contribution in [2.75, 3.05) is 0 Å². The summed E-state index contributed by atoms with van der Waals surface area (Å²) in [5.74, 6) is -1.02. The van der Waals surface area contributed by atoms with Crippen LogP contribution in [-0.2, 0) is 12.8 Å². The van der Waals surface area contributed by atoms with Crippen LogP contribution in [0.4, 0.5) is 0 Å². The molecule has 0 amide bonds. The molecule has 0 unspecified atom stereocenters.